The van der Waals surface area contributed by atoms with E-state index >= 15 is 0 Å². The average molecular weight is 263 g/mol. The van der Waals surface area contributed by atoms with Gasteiger partial charge in [0, 0.05) is 23.3 Å². The number of benzene rings is 1. The van der Waals surface area contributed by atoms with Crippen LogP contribution in [0.3, 0.4) is 0 Å². The Labute approximate surface area is 111 Å². The molecule has 2 N–H and O–H groups in total. The molecule has 0 radical (unpaired) electrons. The number of nitrogens with zero attached hydrogens (tertiary/aromatic N) is 2. The van der Waals surface area contributed by atoms with Gasteiger partial charge in [0.05, 0.1) is 0 Å². The zero-order valence-corrected chi connectivity index (χ0v) is 11.1. The molecular weight excluding hydrogens is 248 g/mol. The normalized spacial score (nSPS) is 10.2. The van der Waals surface area contributed by atoms with Gasteiger partial charge in [-0.05, 0) is 31.5 Å². The highest BCUT2D eigenvalue weighted by Crippen LogP contribution is 2.23. The van der Waals surface area contributed by atoms with Gasteiger partial charge in [-0.2, -0.15) is 0 Å². The second-order valence-electron chi connectivity index (χ2n) is 3.90. The molecule has 0 bridgehead atoms. The molecule has 0 aliphatic carbocycles. The summed E-state index contributed by atoms with van der Waals surface area (Å²) in [5.74, 6) is 1.54. The Kier molecular flexibility index (Phi) is 3.99. The molecule has 0 amide bonds. The molecule has 0 unspecified atom stereocenters. The highest BCUT2D eigenvalue weighted by atomic mass is 35.5. The first-order chi connectivity index (χ1) is 8.69. The molecule has 0 atom stereocenters. The van der Waals surface area contributed by atoms with Gasteiger partial charge in [-0.25, -0.2) is 9.97 Å². The highest BCUT2D eigenvalue weighted by molar-refractivity contribution is 6.30. The van der Waals surface area contributed by atoms with E-state index in [1.165, 1.54) is 6.33 Å². The first-order valence-corrected chi connectivity index (χ1v) is 6.16. The molecule has 18 heavy (non-hydrogen) atoms. The monoisotopic (exact) mass is 262 g/mol. The Morgan fingerprint density at radius 1 is 1.17 bits per heavy atom. The van der Waals surface area contributed by atoms with Crippen LogP contribution in [0.4, 0.5) is 17.3 Å². The van der Waals surface area contributed by atoms with Crippen molar-refractivity contribution in [2.24, 2.45) is 0 Å². The maximum atomic E-state index is 5.98. The molecule has 0 aliphatic heterocycles. The summed E-state index contributed by atoms with van der Waals surface area (Å²) in [5.41, 5.74) is 2.06. The SMILES string of the molecule is CCNc1cc(Nc2cc(Cl)ccc2C)ncn1. The topological polar surface area (TPSA) is 49.8 Å². The second-order valence-corrected chi connectivity index (χ2v) is 4.34. The third-order valence-electron chi connectivity index (χ3n) is 2.49. The maximum Gasteiger partial charge on any atom is 0.135 e. The lowest BCUT2D eigenvalue weighted by atomic mass is 10.2. The third-order valence-corrected chi connectivity index (χ3v) is 2.72. The van der Waals surface area contributed by atoms with Crippen LogP contribution in [0.2, 0.25) is 5.02 Å². The van der Waals surface area contributed by atoms with Crippen molar-refractivity contribution in [3.05, 3.63) is 41.2 Å². The second kappa shape index (κ2) is 5.69. The van der Waals surface area contributed by atoms with Crippen LogP contribution in [0.25, 0.3) is 0 Å². The number of hydrogen-bond donors (Lipinski definition) is 2. The largest absolute Gasteiger partial charge is 0.370 e. The van der Waals surface area contributed by atoms with Crippen LogP contribution in [0.1, 0.15) is 12.5 Å². The minimum absolute atomic E-state index is 0.698. The minimum atomic E-state index is 0.698. The summed E-state index contributed by atoms with van der Waals surface area (Å²) in [4.78, 5) is 8.30. The smallest absolute Gasteiger partial charge is 0.135 e. The fraction of sp³-hybridized carbons (Fsp3) is 0.231. The summed E-state index contributed by atoms with van der Waals surface area (Å²) in [6, 6.07) is 7.58. The van der Waals surface area contributed by atoms with Crippen LogP contribution in [-0.2, 0) is 0 Å². The van der Waals surface area contributed by atoms with Crippen LogP contribution >= 0.6 is 11.6 Å². The first-order valence-electron chi connectivity index (χ1n) is 5.78. The van der Waals surface area contributed by atoms with E-state index in [-0.39, 0.29) is 0 Å². The predicted octanol–water partition coefficient (Wildman–Crippen LogP) is 3.61. The standard InChI is InChI=1S/C13H15ClN4/c1-3-15-12-7-13(17-8-16-12)18-11-6-10(14)5-4-9(11)2/h4-8H,3H2,1-2H3,(H2,15,16,17,18). The summed E-state index contributed by atoms with van der Waals surface area (Å²) in [7, 11) is 0. The van der Waals surface area contributed by atoms with E-state index in [1.54, 1.807) is 0 Å². The fourth-order valence-electron chi connectivity index (χ4n) is 1.57. The van der Waals surface area contributed by atoms with E-state index in [4.69, 9.17) is 11.6 Å². The van der Waals surface area contributed by atoms with Crippen molar-refractivity contribution in [1.82, 2.24) is 9.97 Å². The third kappa shape index (κ3) is 3.11. The molecule has 0 fully saturated rings. The van der Waals surface area contributed by atoms with Crippen LogP contribution in [0, 0.1) is 6.92 Å². The van der Waals surface area contributed by atoms with Gasteiger partial charge in [-0.1, -0.05) is 17.7 Å². The number of aromatic nitrogens is 2. The van der Waals surface area contributed by atoms with Crippen molar-refractivity contribution in [2.45, 2.75) is 13.8 Å². The lowest BCUT2D eigenvalue weighted by Gasteiger charge is -2.10. The van der Waals surface area contributed by atoms with E-state index < -0.39 is 0 Å². The Morgan fingerprint density at radius 2 is 1.94 bits per heavy atom. The molecule has 0 saturated heterocycles. The average Bonchev–Trinajstić information content (AvgIpc) is 2.35. The predicted molar refractivity (Wildman–Crippen MR) is 75.7 cm³/mol. The van der Waals surface area contributed by atoms with E-state index in [9.17, 15) is 0 Å². The summed E-state index contributed by atoms with van der Waals surface area (Å²) in [6.07, 6.45) is 1.53. The quantitative estimate of drug-likeness (QED) is 0.884. The lowest BCUT2D eigenvalue weighted by Crippen LogP contribution is -2.02. The molecule has 94 valence electrons. The molecule has 0 aliphatic rings. The summed E-state index contributed by atoms with van der Waals surface area (Å²) < 4.78 is 0. The van der Waals surface area contributed by atoms with E-state index in [0.717, 1.165) is 29.4 Å². The van der Waals surface area contributed by atoms with E-state index in [1.807, 2.05) is 38.1 Å². The molecule has 5 heteroatoms. The zero-order valence-electron chi connectivity index (χ0n) is 10.4. The van der Waals surface area contributed by atoms with Crippen molar-refractivity contribution in [3.63, 3.8) is 0 Å². The van der Waals surface area contributed by atoms with Crippen LogP contribution in [-0.4, -0.2) is 16.5 Å². The van der Waals surface area contributed by atoms with Gasteiger partial charge in [-0.3, -0.25) is 0 Å². The number of aryl methyl sites for hydroxylation is 1. The maximum absolute atomic E-state index is 5.98. The molecule has 2 rings (SSSR count). The summed E-state index contributed by atoms with van der Waals surface area (Å²) in [5, 5.41) is 7.08. The van der Waals surface area contributed by atoms with Crippen LogP contribution in [0.15, 0.2) is 30.6 Å². The Hall–Kier alpha value is -1.81. The van der Waals surface area contributed by atoms with E-state index in [0.29, 0.717) is 5.02 Å². The number of hydrogen-bond acceptors (Lipinski definition) is 4. The zero-order chi connectivity index (χ0) is 13.0. The van der Waals surface area contributed by atoms with Crippen LogP contribution < -0.4 is 10.6 Å². The van der Waals surface area contributed by atoms with Gasteiger partial charge in [0.25, 0.3) is 0 Å². The van der Waals surface area contributed by atoms with Gasteiger partial charge in [0.1, 0.15) is 18.0 Å². The molecule has 4 nitrogen and oxygen atoms in total. The van der Waals surface area contributed by atoms with Gasteiger partial charge in [0.15, 0.2) is 0 Å². The van der Waals surface area contributed by atoms with Crippen molar-refractivity contribution in [1.29, 1.82) is 0 Å². The summed E-state index contributed by atoms with van der Waals surface area (Å²) >= 11 is 5.98. The molecule has 0 spiro atoms. The van der Waals surface area contributed by atoms with E-state index in [2.05, 4.69) is 20.6 Å². The molecular formula is C13H15ClN4. The first kappa shape index (κ1) is 12.6. The van der Waals surface area contributed by atoms with Gasteiger partial charge in [0.2, 0.25) is 0 Å². The highest BCUT2D eigenvalue weighted by Gasteiger charge is 2.02. The Balaban J connectivity index is 2.22. The number of nitrogens with one attached hydrogen (secondary N) is 2. The molecule has 2 aromatic rings. The summed E-state index contributed by atoms with van der Waals surface area (Å²) in [6.45, 7) is 4.87. The number of halogens is 1. The lowest BCUT2D eigenvalue weighted by molar-refractivity contribution is 1.11. The number of anilines is 3. The van der Waals surface area contributed by atoms with Crippen molar-refractivity contribution in [3.8, 4) is 0 Å². The Bertz CT molecular complexity index is 542. The minimum Gasteiger partial charge on any atom is -0.370 e. The van der Waals surface area contributed by atoms with Crippen molar-refractivity contribution in [2.75, 3.05) is 17.2 Å². The van der Waals surface area contributed by atoms with Gasteiger partial charge >= 0.3 is 0 Å². The fourth-order valence-corrected chi connectivity index (χ4v) is 1.74. The van der Waals surface area contributed by atoms with Crippen molar-refractivity contribution < 1.29 is 0 Å². The molecule has 1 aromatic heterocycles. The van der Waals surface area contributed by atoms with Gasteiger partial charge < -0.3 is 10.6 Å². The van der Waals surface area contributed by atoms with Crippen LogP contribution in [0.5, 0.6) is 0 Å². The molecule has 0 saturated carbocycles. The number of rotatable bonds is 4. The Morgan fingerprint density at radius 3 is 2.72 bits per heavy atom. The molecule has 1 aromatic carbocycles. The van der Waals surface area contributed by atoms with Crippen molar-refractivity contribution >= 4 is 28.9 Å². The van der Waals surface area contributed by atoms with Gasteiger partial charge in [-0.15, -0.1) is 0 Å². The molecule has 1 heterocycles.